The number of rotatable bonds is 2. The van der Waals surface area contributed by atoms with Crippen molar-refractivity contribution in [2.45, 2.75) is 19.4 Å². The molecule has 0 saturated heterocycles. The Morgan fingerprint density at radius 2 is 2.19 bits per heavy atom. The third kappa shape index (κ3) is 3.26. The largest absolute Gasteiger partial charge is 0.336 e. The molecule has 0 spiro atoms. The number of hydrogen-bond acceptors (Lipinski definition) is 1. The second kappa shape index (κ2) is 4.90. The standard InChI is InChI=1S/C12H11BrClNO/c1-4-12(2,3)15-11(16)9-7-8(13)5-6-10(9)14/h1,5-7H,2-3H3,(H,15,16). The van der Waals surface area contributed by atoms with Crippen molar-refractivity contribution in [3.8, 4) is 12.3 Å². The van der Waals surface area contributed by atoms with Gasteiger partial charge in [-0.2, -0.15) is 0 Å². The first kappa shape index (κ1) is 13.1. The van der Waals surface area contributed by atoms with Crippen LogP contribution in [-0.4, -0.2) is 11.4 Å². The fourth-order valence-corrected chi connectivity index (χ4v) is 1.62. The molecule has 1 N–H and O–H groups in total. The van der Waals surface area contributed by atoms with Crippen LogP contribution < -0.4 is 5.32 Å². The maximum atomic E-state index is 11.9. The molecule has 1 rings (SSSR count). The molecule has 1 aromatic carbocycles. The lowest BCUT2D eigenvalue weighted by Gasteiger charge is -2.19. The highest BCUT2D eigenvalue weighted by Gasteiger charge is 2.19. The molecule has 0 aliphatic heterocycles. The minimum Gasteiger partial charge on any atom is -0.336 e. The number of nitrogens with one attached hydrogen (secondary N) is 1. The predicted molar refractivity (Wildman–Crippen MR) is 69.5 cm³/mol. The van der Waals surface area contributed by atoms with E-state index in [9.17, 15) is 4.79 Å². The summed E-state index contributed by atoms with van der Waals surface area (Å²) >= 11 is 9.21. The van der Waals surface area contributed by atoms with E-state index in [1.165, 1.54) is 0 Å². The molecule has 0 atom stereocenters. The van der Waals surface area contributed by atoms with Crippen molar-refractivity contribution in [2.24, 2.45) is 0 Å². The molecule has 0 aromatic heterocycles. The Labute approximate surface area is 109 Å². The van der Waals surface area contributed by atoms with Crippen LogP contribution in [0, 0.1) is 12.3 Å². The van der Waals surface area contributed by atoms with Gasteiger partial charge in [-0.1, -0.05) is 33.5 Å². The van der Waals surface area contributed by atoms with E-state index >= 15 is 0 Å². The number of halogens is 2. The molecule has 2 nitrogen and oxygen atoms in total. The van der Waals surface area contributed by atoms with Crippen LogP contribution in [0.1, 0.15) is 24.2 Å². The van der Waals surface area contributed by atoms with E-state index in [2.05, 4.69) is 27.2 Å². The molecule has 4 heteroatoms. The van der Waals surface area contributed by atoms with Crippen LogP contribution in [0.2, 0.25) is 5.02 Å². The number of benzene rings is 1. The Morgan fingerprint density at radius 1 is 1.56 bits per heavy atom. The topological polar surface area (TPSA) is 29.1 Å². The van der Waals surface area contributed by atoms with E-state index < -0.39 is 5.54 Å². The second-order valence-corrected chi connectivity index (χ2v) is 5.17. The highest BCUT2D eigenvalue weighted by atomic mass is 79.9. The maximum Gasteiger partial charge on any atom is 0.253 e. The predicted octanol–water partition coefficient (Wildman–Crippen LogP) is 3.24. The van der Waals surface area contributed by atoms with E-state index in [-0.39, 0.29) is 5.91 Å². The van der Waals surface area contributed by atoms with Crippen molar-refractivity contribution in [1.29, 1.82) is 0 Å². The Balaban J connectivity index is 2.98. The van der Waals surface area contributed by atoms with Gasteiger partial charge in [-0.15, -0.1) is 6.42 Å². The monoisotopic (exact) mass is 299 g/mol. The number of amides is 1. The summed E-state index contributed by atoms with van der Waals surface area (Å²) in [6.45, 7) is 3.49. The van der Waals surface area contributed by atoms with E-state index in [0.717, 1.165) is 4.47 Å². The van der Waals surface area contributed by atoms with Gasteiger partial charge in [-0.05, 0) is 32.0 Å². The molecule has 16 heavy (non-hydrogen) atoms. The summed E-state index contributed by atoms with van der Waals surface area (Å²) in [7, 11) is 0. The van der Waals surface area contributed by atoms with Gasteiger partial charge < -0.3 is 5.32 Å². The summed E-state index contributed by atoms with van der Waals surface area (Å²) in [5.74, 6) is 2.21. The molecule has 1 aromatic rings. The van der Waals surface area contributed by atoms with Crippen LogP contribution in [0.15, 0.2) is 22.7 Å². The zero-order valence-electron chi connectivity index (χ0n) is 8.97. The summed E-state index contributed by atoms with van der Waals surface area (Å²) in [5.41, 5.74) is -0.290. The first-order valence-electron chi connectivity index (χ1n) is 4.61. The average Bonchev–Trinajstić information content (AvgIpc) is 2.21. The van der Waals surface area contributed by atoms with Crippen molar-refractivity contribution in [2.75, 3.05) is 0 Å². The lowest BCUT2D eigenvalue weighted by Crippen LogP contribution is -2.42. The molecule has 1 amide bonds. The van der Waals surface area contributed by atoms with Crippen molar-refractivity contribution in [3.63, 3.8) is 0 Å². The van der Waals surface area contributed by atoms with Gasteiger partial charge in [-0.25, -0.2) is 0 Å². The zero-order valence-corrected chi connectivity index (χ0v) is 11.3. The average molecular weight is 301 g/mol. The van der Waals surface area contributed by atoms with Gasteiger partial charge in [0.1, 0.15) is 0 Å². The Morgan fingerprint density at radius 3 is 2.75 bits per heavy atom. The van der Waals surface area contributed by atoms with Crippen LogP contribution in [0.5, 0.6) is 0 Å². The molecule has 0 bridgehead atoms. The molecule has 0 fully saturated rings. The third-order valence-corrected chi connectivity index (χ3v) is 2.78. The smallest absolute Gasteiger partial charge is 0.253 e. The molecule has 0 radical (unpaired) electrons. The van der Waals surface area contributed by atoms with Crippen molar-refractivity contribution < 1.29 is 4.79 Å². The summed E-state index contributed by atoms with van der Waals surface area (Å²) in [5, 5.41) is 3.11. The van der Waals surface area contributed by atoms with Crippen LogP contribution in [0.25, 0.3) is 0 Å². The minimum atomic E-state index is -0.692. The highest BCUT2D eigenvalue weighted by molar-refractivity contribution is 9.10. The zero-order chi connectivity index (χ0) is 12.3. The summed E-state index contributed by atoms with van der Waals surface area (Å²) in [6.07, 6.45) is 5.29. The van der Waals surface area contributed by atoms with Gasteiger partial charge in [0.25, 0.3) is 5.91 Å². The lowest BCUT2D eigenvalue weighted by molar-refractivity contribution is 0.0930. The Hall–Kier alpha value is -0.980. The summed E-state index contributed by atoms with van der Waals surface area (Å²) in [4.78, 5) is 11.9. The van der Waals surface area contributed by atoms with Crippen LogP contribution in [-0.2, 0) is 0 Å². The Kier molecular flexibility index (Phi) is 4.01. The quantitative estimate of drug-likeness (QED) is 0.835. The maximum absolute atomic E-state index is 11.9. The van der Waals surface area contributed by atoms with Crippen LogP contribution in [0.4, 0.5) is 0 Å². The van der Waals surface area contributed by atoms with E-state index in [4.69, 9.17) is 18.0 Å². The Bertz CT molecular complexity index is 463. The van der Waals surface area contributed by atoms with Gasteiger partial charge in [0.2, 0.25) is 0 Å². The summed E-state index contributed by atoms with van der Waals surface area (Å²) in [6, 6.07) is 5.08. The van der Waals surface area contributed by atoms with Gasteiger partial charge in [0.05, 0.1) is 16.1 Å². The van der Waals surface area contributed by atoms with Gasteiger partial charge in [0, 0.05) is 4.47 Å². The van der Waals surface area contributed by atoms with Crippen molar-refractivity contribution in [1.82, 2.24) is 5.32 Å². The first-order valence-corrected chi connectivity index (χ1v) is 5.78. The van der Waals surface area contributed by atoms with Crippen LogP contribution >= 0.6 is 27.5 Å². The number of carbonyl (C=O) groups excluding carboxylic acids is 1. The van der Waals surface area contributed by atoms with Gasteiger partial charge in [-0.3, -0.25) is 4.79 Å². The minimum absolute atomic E-state index is 0.283. The van der Waals surface area contributed by atoms with Gasteiger partial charge >= 0.3 is 0 Å². The number of terminal acetylenes is 1. The number of carbonyl (C=O) groups is 1. The normalized spacial score (nSPS) is 10.7. The van der Waals surface area contributed by atoms with E-state index in [1.807, 2.05) is 0 Å². The first-order chi connectivity index (χ1) is 7.35. The molecule has 0 saturated carbocycles. The van der Waals surface area contributed by atoms with Crippen LogP contribution in [0.3, 0.4) is 0 Å². The molecule has 0 aliphatic carbocycles. The van der Waals surface area contributed by atoms with E-state index in [0.29, 0.717) is 10.6 Å². The fourth-order valence-electron chi connectivity index (χ4n) is 1.06. The van der Waals surface area contributed by atoms with E-state index in [1.54, 1.807) is 32.0 Å². The molecular weight excluding hydrogens is 289 g/mol. The lowest BCUT2D eigenvalue weighted by atomic mass is 10.1. The van der Waals surface area contributed by atoms with Crippen molar-refractivity contribution in [3.05, 3.63) is 33.3 Å². The SMILES string of the molecule is C#CC(C)(C)NC(=O)c1cc(Br)ccc1Cl. The summed E-state index contributed by atoms with van der Waals surface area (Å²) < 4.78 is 0.792. The molecule has 0 aliphatic rings. The highest BCUT2D eigenvalue weighted by Crippen LogP contribution is 2.21. The molecule has 0 unspecified atom stereocenters. The molecule has 84 valence electrons. The van der Waals surface area contributed by atoms with Gasteiger partial charge in [0.15, 0.2) is 0 Å². The molecule has 0 heterocycles. The fraction of sp³-hybridized carbons (Fsp3) is 0.250. The van der Waals surface area contributed by atoms with Crippen molar-refractivity contribution >= 4 is 33.4 Å². The second-order valence-electron chi connectivity index (χ2n) is 3.85. The third-order valence-electron chi connectivity index (χ3n) is 1.96. The number of hydrogen-bond donors (Lipinski definition) is 1. The molecular formula is C12H11BrClNO.